The molecule has 0 saturated carbocycles. The fourth-order valence-corrected chi connectivity index (χ4v) is 2.74. The Labute approximate surface area is 116 Å². The predicted octanol–water partition coefficient (Wildman–Crippen LogP) is 0.842. The zero-order chi connectivity index (χ0) is 14.1. The molecule has 5 heteroatoms. The van der Waals surface area contributed by atoms with E-state index < -0.39 is 0 Å². The maximum atomic E-state index is 11.8. The molecule has 0 spiro atoms. The fourth-order valence-electron chi connectivity index (χ4n) is 2.74. The summed E-state index contributed by atoms with van der Waals surface area (Å²) in [4.78, 5) is 35.6. The lowest BCUT2D eigenvalue weighted by Crippen LogP contribution is -2.47. The summed E-state index contributed by atoms with van der Waals surface area (Å²) >= 11 is 0. The number of rotatable bonds is 3. The minimum absolute atomic E-state index is 0.143. The van der Waals surface area contributed by atoms with Crippen molar-refractivity contribution in [2.75, 3.05) is 18.0 Å². The molecular weight excluding hydrogens is 256 g/mol. The number of amides is 2. The Morgan fingerprint density at radius 1 is 1.15 bits per heavy atom. The van der Waals surface area contributed by atoms with E-state index in [4.69, 9.17) is 0 Å². The molecule has 1 unspecified atom stereocenters. The van der Waals surface area contributed by atoms with E-state index in [1.54, 1.807) is 0 Å². The third kappa shape index (κ3) is 2.31. The van der Waals surface area contributed by atoms with Gasteiger partial charge in [0.2, 0.25) is 11.8 Å². The first-order chi connectivity index (χ1) is 9.67. The summed E-state index contributed by atoms with van der Waals surface area (Å²) in [7, 11) is 0. The number of carbonyl (C=O) groups is 3. The highest BCUT2D eigenvalue weighted by atomic mass is 16.2. The molecule has 2 aliphatic rings. The average molecular weight is 272 g/mol. The van der Waals surface area contributed by atoms with Crippen molar-refractivity contribution in [2.45, 2.75) is 18.8 Å². The Morgan fingerprint density at radius 3 is 2.45 bits per heavy atom. The van der Waals surface area contributed by atoms with Crippen LogP contribution in [0.1, 0.15) is 24.3 Å². The van der Waals surface area contributed by atoms with Gasteiger partial charge >= 0.3 is 0 Å². The summed E-state index contributed by atoms with van der Waals surface area (Å²) in [5.41, 5.74) is 2.00. The van der Waals surface area contributed by atoms with Gasteiger partial charge in [0.25, 0.3) is 0 Å². The van der Waals surface area contributed by atoms with Crippen LogP contribution in [0.4, 0.5) is 5.69 Å². The highest BCUT2D eigenvalue weighted by Crippen LogP contribution is 2.28. The summed E-state index contributed by atoms with van der Waals surface area (Å²) in [5, 5.41) is 2.37. The van der Waals surface area contributed by atoms with Gasteiger partial charge in [-0.15, -0.1) is 0 Å². The quantitative estimate of drug-likeness (QED) is 0.654. The molecule has 0 bridgehead atoms. The second kappa shape index (κ2) is 5.07. The van der Waals surface area contributed by atoms with Crippen LogP contribution in [0.15, 0.2) is 24.3 Å². The van der Waals surface area contributed by atoms with Crippen LogP contribution in [0.5, 0.6) is 0 Å². The lowest BCUT2D eigenvalue weighted by Gasteiger charge is -2.38. The number of nitrogens with one attached hydrogen (secondary N) is 1. The van der Waals surface area contributed by atoms with E-state index in [1.165, 1.54) is 0 Å². The maximum absolute atomic E-state index is 11.8. The minimum atomic E-state index is -0.235. The molecule has 0 aliphatic carbocycles. The number of carbonyl (C=O) groups excluding carboxylic acids is 3. The smallest absolute Gasteiger partial charge is 0.234 e. The van der Waals surface area contributed by atoms with Crippen molar-refractivity contribution < 1.29 is 14.4 Å². The van der Waals surface area contributed by atoms with E-state index >= 15 is 0 Å². The molecule has 2 saturated heterocycles. The highest BCUT2D eigenvalue weighted by molar-refractivity contribution is 6.00. The van der Waals surface area contributed by atoms with Gasteiger partial charge in [-0.25, -0.2) is 0 Å². The summed E-state index contributed by atoms with van der Waals surface area (Å²) in [6.07, 6.45) is 1.96. The van der Waals surface area contributed by atoms with Crippen LogP contribution in [-0.2, 0) is 14.4 Å². The Kier molecular flexibility index (Phi) is 3.26. The van der Waals surface area contributed by atoms with Crippen molar-refractivity contribution in [3.05, 3.63) is 29.8 Å². The third-order valence-corrected chi connectivity index (χ3v) is 4.00. The molecule has 1 aromatic carbocycles. The zero-order valence-electron chi connectivity index (χ0n) is 11.0. The highest BCUT2D eigenvalue weighted by Gasteiger charge is 2.29. The fraction of sp³-hybridized carbons (Fsp3) is 0.400. The summed E-state index contributed by atoms with van der Waals surface area (Å²) < 4.78 is 0. The van der Waals surface area contributed by atoms with Gasteiger partial charge in [0.05, 0.1) is 5.92 Å². The van der Waals surface area contributed by atoms with Gasteiger partial charge in [0, 0.05) is 31.1 Å². The Balaban J connectivity index is 1.69. The van der Waals surface area contributed by atoms with Gasteiger partial charge in [-0.05, 0) is 24.1 Å². The van der Waals surface area contributed by atoms with Crippen molar-refractivity contribution in [2.24, 2.45) is 5.92 Å². The first-order valence-corrected chi connectivity index (χ1v) is 6.81. The van der Waals surface area contributed by atoms with Crippen LogP contribution in [0.25, 0.3) is 0 Å². The molecule has 1 atom stereocenters. The molecule has 3 rings (SSSR count). The maximum Gasteiger partial charge on any atom is 0.234 e. The van der Waals surface area contributed by atoms with Gasteiger partial charge in [-0.3, -0.25) is 14.9 Å². The van der Waals surface area contributed by atoms with Crippen molar-refractivity contribution in [3.63, 3.8) is 0 Å². The van der Waals surface area contributed by atoms with Gasteiger partial charge in [0.1, 0.15) is 6.29 Å². The first-order valence-electron chi connectivity index (χ1n) is 6.81. The van der Waals surface area contributed by atoms with Crippen LogP contribution in [0.2, 0.25) is 0 Å². The Bertz CT molecular complexity index is 547. The van der Waals surface area contributed by atoms with Crippen LogP contribution < -0.4 is 10.2 Å². The van der Waals surface area contributed by atoms with E-state index in [9.17, 15) is 14.4 Å². The number of anilines is 1. The summed E-state index contributed by atoms with van der Waals surface area (Å²) in [6, 6.07) is 7.81. The number of nitrogens with zero attached hydrogens (tertiary/aromatic N) is 1. The number of aldehydes is 1. The standard InChI is InChI=1S/C15H16N2O3/c18-9-10-7-17(8-10)12-3-1-11(2-4-12)13-5-6-14(19)16-15(13)20/h1-4,9-10,13H,5-8H2,(H,16,19,20). The Morgan fingerprint density at radius 2 is 1.85 bits per heavy atom. The molecule has 2 amide bonds. The third-order valence-electron chi connectivity index (χ3n) is 4.00. The lowest BCUT2D eigenvalue weighted by molar-refractivity contribution is -0.134. The molecule has 20 heavy (non-hydrogen) atoms. The molecule has 0 aromatic heterocycles. The monoisotopic (exact) mass is 272 g/mol. The zero-order valence-corrected chi connectivity index (χ0v) is 11.0. The van der Waals surface area contributed by atoms with Crippen LogP contribution in [0, 0.1) is 5.92 Å². The van der Waals surface area contributed by atoms with E-state index in [1.807, 2.05) is 24.3 Å². The van der Waals surface area contributed by atoms with Gasteiger partial charge in [-0.1, -0.05) is 12.1 Å². The summed E-state index contributed by atoms with van der Waals surface area (Å²) in [6.45, 7) is 1.53. The van der Waals surface area contributed by atoms with E-state index in [-0.39, 0.29) is 23.7 Å². The largest absolute Gasteiger partial charge is 0.370 e. The molecule has 104 valence electrons. The van der Waals surface area contributed by atoms with Crippen molar-refractivity contribution in [1.29, 1.82) is 0 Å². The lowest BCUT2D eigenvalue weighted by atomic mass is 9.90. The Hall–Kier alpha value is -2.17. The van der Waals surface area contributed by atoms with Crippen LogP contribution in [0.3, 0.4) is 0 Å². The first kappa shape index (κ1) is 12.8. The molecule has 2 fully saturated rings. The van der Waals surface area contributed by atoms with Gasteiger partial charge < -0.3 is 9.69 Å². The van der Waals surface area contributed by atoms with Gasteiger partial charge in [0.15, 0.2) is 0 Å². The molecule has 5 nitrogen and oxygen atoms in total. The van der Waals surface area contributed by atoms with Crippen molar-refractivity contribution in [3.8, 4) is 0 Å². The summed E-state index contributed by atoms with van der Waals surface area (Å²) in [5.74, 6) is -0.493. The number of piperidine rings is 1. The van der Waals surface area contributed by atoms with Gasteiger partial charge in [-0.2, -0.15) is 0 Å². The van der Waals surface area contributed by atoms with Crippen LogP contribution >= 0.6 is 0 Å². The number of benzene rings is 1. The molecule has 2 aliphatic heterocycles. The SMILES string of the molecule is O=CC1CN(c2ccc(C3CCC(=O)NC3=O)cc2)C1. The second-order valence-electron chi connectivity index (χ2n) is 5.40. The van der Waals surface area contributed by atoms with E-state index in [0.717, 1.165) is 30.6 Å². The molecule has 2 heterocycles. The second-order valence-corrected chi connectivity index (χ2v) is 5.40. The van der Waals surface area contributed by atoms with Crippen LogP contribution in [-0.4, -0.2) is 31.2 Å². The van der Waals surface area contributed by atoms with Crippen molar-refractivity contribution >= 4 is 23.8 Å². The van der Waals surface area contributed by atoms with E-state index in [2.05, 4.69) is 10.2 Å². The van der Waals surface area contributed by atoms with E-state index in [0.29, 0.717) is 12.8 Å². The number of hydrogen-bond acceptors (Lipinski definition) is 4. The normalized spacial score (nSPS) is 23.2. The minimum Gasteiger partial charge on any atom is -0.370 e. The molecule has 1 aromatic rings. The number of imide groups is 1. The topological polar surface area (TPSA) is 66.5 Å². The molecule has 1 N–H and O–H groups in total. The average Bonchev–Trinajstić information content (AvgIpc) is 2.39. The molecular formula is C15H16N2O3. The van der Waals surface area contributed by atoms with Crippen molar-refractivity contribution in [1.82, 2.24) is 5.32 Å². The number of hydrogen-bond donors (Lipinski definition) is 1. The predicted molar refractivity (Wildman–Crippen MR) is 73.3 cm³/mol. The molecule has 0 radical (unpaired) electrons.